The van der Waals surface area contributed by atoms with Gasteiger partial charge in [0.2, 0.25) is 0 Å². The lowest BCUT2D eigenvalue weighted by atomic mass is 10.1. The van der Waals surface area contributed by atoms with Crippen LogP contribution in [0.3, 0.4) is 0 Å². The summed E-state index contributed by atoms with van der Waals surface area (Å²) in [5, 5.41) is 4.78. The van der Waals surface area contributed by atoms with Crippen molar-refractivity contribution >= 4 is 0 Å². The average molecular weight is 293 g/mol. The second-order valence-corrected chi connectivity index (χ2v) is 5.75. The van der Waals surface area contributed by atoms with Crippen molar-refractivity contribution in [3.05, 3.63) is 66.2 Å². The Morgan fingerprint density at radius 3 is 2.77 bits per heavy atom. The van der Waals surface area contributed by atoms with E-state index in [1.807, 2.05) is 18.2 Å². The maximum Gasteiger partial charge on any atom is 0.117 e. The van der Waals surface area contributed by atoms with Crippen LogP contribution in [0.15, 0.2) is 59.2 Å². The van der Waals surface area contributed by atoms with Crippen molar-refractivity contribution < 1.29 is 4.42 Å². The van der Waals surface area contributed by atoms with Gasteiger partial charge in [0.05, 0.1) is 24.2 Å². The summed E-state index contributed by atoms with van der Waals surface area (Å²) in [4.78, 5) is 2.42. The molecule has 4 heteroatoms. The zero-order valence-corrected chi connectivity index (χ0v) is 12.5. The van der Waals surface area contributed by atoms with E-state index in [0.29, 0.717) is 0 Å². The molecular formula is C18H19N3O. The maximum absolute atomic E-state index is 5.48. The molecule has 1 aliphatic rings. The van der Waals surface area contributed by atoms with Crippen LogP contribution in [0.1, 0.15) is 17.9 Å². The zero-order chi connectivity index (χ0) is 14.8. The molecule has 1 aliphatic heterocycles. The Kier molecular flexibility index (Phi) is 3.52. The molecule has 0 radical (unpaired) electrons. The van der Waals surface area contributed by atoms with Gasteiger partial charge in [0.1, 0.15) is 5.76 Å². The van der Waals surface area contributed by atoms with Crippen LogP contribution in [0.5, 0.6) is 0 Å². The lowest BCUT2D eigenvalue weighted by molar-refractivity contribution is 0.239. The zero-order valence-electron chi connectivity index (χ0n) is 12.5. The molecule has 0 unspecified atom stereocenters. The standard InChI is InChI=1S/C18H19N3O/c1-2-6-15(7-3-1)18-12-16-13-20(9-5-10-21(16)19-18)14-17-8-4-11-22-17/h1-4,6-8,11-12H,5,9-10,13-14H2. The molecule has 0 fully saturated rings. The average Bonchev–Trinajstić information content (AvgIpc) is 3.15. The van der Waals surface area contributed by atoms with Crippen molar-refractivity contribution in [2.75, 3.05) is 6.54 Å². The van der Waals surface area contributed by atoms with Crippen LogP contribution in [0.4, 0.5) is 0 Å². The third-order valence-corrected chi connectivity index (χ3v) is 4.12. The van der Waals surface area contributed by atoms with Gasteiger partial charge in [-0.25, -0.2) is 0 Å². The van der Waals surface area contributed by atoms with E-state index in [0.717, 1.165) is 44.1 Å². The summed E-state index contributed by atoms with van der Waals surface area (Å²) < 4.78 is 7.63. The van der Waals surface area contributed by atoms with Crippen molar-refractivity contribution in [3.8, 4) is 11.3 Å². The van der Waals surface area contributed by atoms with Gasteiger partial charge in [-0.05, 0) is 24.6 Å². The van der Waals surface area contributed by atoms with Crippen molar-refractivity contribution in [2.24, 2.45) is 0 Å². The first kappa shape index (κ1) is 13.3. The number of aryl methyl sites for hydroxylation is 1. The monoisotopic (exact) mass is 293 g/mol. The Labute approximate surface area is 130 Å². The Morgan fingerprint density at radius 1 is 1.05 bits per heavy atom. The summed E-state index contributed by atoms with van der Waals surface area (Å²) in [5.41, 5.74) is 3.53. The Balaban J connectivity index is 1.57. The van der Waals surface area contributed by atoms with Crippen molar-refractivity contribution in [1.29, 1.82) is 0 Å². The molecule has 0 spiro atoms. The highest BCUT2D eigenvalue weighted by Gasteiger charge is 2.18. The number of hydrogen-bond acceptors (Lipinski definition) is 3. The Morgan fingerprint density at radius 2 is 1.95 bits per heavy atom. The van der Waals surface area contributed by atoms with E-state index in [2.05, 4.69) is 39.9 Å². The molecular weight excluding hydrogens is 274 g/mol. The minimum Gasteiger partial charge on any atom is -0.468 e. The van der Waals surface area contributed by atoms with E-state index in [4.69, 9.17) is 9.52 Å². The van der Waals surface area contributed by atoms with Crippen molar-refractivity contribution in [1.82, 2.24) is 14.7 Å². The van der Waals surface area contributed by atoms with Crippen LogP contribution in [0, 0.1) is 0 Å². The Hall–Kier alpha value is -2.33. The number of benzene rings is 1. The minimum absolute atomic E-state index is 0.860. The van der Waals surface area contributed by atoms with Gasteiger partial charge in [0.15, 0.2) is 0 Å². The highest BCUT2D eigenvalue weighted by Crippen LogP contribution is 2.22. The molecule has 0 N–H and O–H groups in total. The second kappa shape index (κ2) is 5.81. The van der Waals surface area contributed by atoms with Gasteiger partial charge in [-0.2, -0.15) is 5.10 Å². The predicted octanol–water partition coefficient (Wildman–Crippen LogP) is 3.55. The molecule has 0 aliphatic carbocycles. The van der Waals surface area contributed by atoms with E-state index >= 15 is 0 Å². The number of furan rings is 1. The first-order valence-electron chi connectivity index (χ1n) is 7.75. The van der Waals surface area contributed by atoms with Crippen LogP contribution >= 0.6 is 0 Å². The van der Waals surface area contributed by atoms with Gasteiger partial charge in [-0.15, -0.1) is 0 Å². The van der Waals surface area contributed by atoms with Crippen LogP contribution in [-0.2, 0) is 19.6 Å². The molecule has 22 heavy (non-hydrogen) atoms. The van der Waals surface area contributed by atoms with Gasteiger partial charge < -0.3 is 4.42 Å². The van der Waals surface area contributed by atoms with E-state index in [-0.39, 0.29) is 0 Å². The van der Waals surface area contributed by atoms with Crippen LogP contribution < -0.4 is 0 Å². The summed E-state index contributed by atoms with van der Waals surface area (Å²) in [6, 6.07) is 16.6. The van der Waals surface area contributed by atoms with Gasteiger partial charge in [0, 0.05) is 25.2 Å². The van der Waals surface area contributed by atoms with Gasteiger partial charge in [-0.3, -0.25) is 9.58 Å². The van der Waals surface area contributed by atoms with E-state index in [1.165, 1.54) is 11.3 Å². The number of hydrogen-bond donors (Lipinski definition) is 0. The number of nitrogens with zero attached hydrogens (tertiary/aromatic N) is 3. The molecule has 3 heterocycles. The summed E-state index contributed by atoms with van der Waals surface area (Å²) in [7, 11) is 0. The minimum atomic E-state index is 0.860. The van der Waals surface area contributed by atoms with Crippen molar-refractivity contribution in [2.45, 2.75) is 26.1 Å². The molecule has 0 atom stereocenters. The smallest absolute Gasteiger partial charge is 0.117 e. The molecule has 0 saturated carbocycles. The topological polar surface area (TPSA) is 34.2 Å². The summed E-state index contributed by atoms with van der Waals surface area (Å²) >= 11 is 0. The predicted molar refractivity (Wildman–Crippen MR) is 85.1 cm³/mol. The molecule has 1 aromatic carbocycles. The Bertz CT molecular complexity index is 731. The third kappa shape index (κ3) is 2.70. The molecule has 4 rings (SSSR count). The highest BCUT2D eigenvalue weighted by atomic mass is 16.3. The quantitative estimate of drug-likeness (QED) is 0.740. The number of aromatic nitrogens is 2. The SMILES string of the molecule is c1ccc(-c2cc3n(n2)CCCN(Cc2ccco2)C3)cc1. The first-order valence-corrected chi connectivity index (χ1v) is 7.75. The third-order valence-electron chi connectivity index (χ3n) is 4.12. The van der Waals surface area contributed by atoms with Crippen LogP contribution in [0.25, 0.3) is 11.3 Å². The molecule has 0 amide bonds. The molecule has 3 aromatic rings. The molecule has 0 bridgehead atoms. The summed E-state index contributed by atoms with van der Waals surface area (Å²) in [6.45, 7) is 3.83. The van der Waals surface area contributed by atoms with Gasteiger partial charge in [-0.1, -0.05) is 30.3 Å². The fraction of sp³-hybridized carbons (Fsp3) is 0.278. The van der Waals surface area contributed by atoms with E-state index in [9.17, 15) is 0 Å². The highest BCUT2D eigenvalue weighted by molar-refractivity contribution is 5.59. The maximum atomic E-state index is 5.48. The van der Waals surface area contributed by atoms with Crippen molar-refractivity contribution in [3.63, 3.8) is 0 Å². The number of fused-ring (bicyclic) bond motifs is 1. The van der Waals surface area contributed by atoms with E-state index < -0.39 is 0 Å². The molecule has 4 nitrogen and oxygen atoms in total. The molecule has 2 aromatic heterocycles. The fourth-order valence-electron chi connectivity index (χ4n) is 3.04. The van der Waals surface area contributed by atoms with Crippen LogP contribution in [-0.4, -0.2) is 21.2 Å². The molecule has 112 valence electrons. The second-order valence-electron chi connectivity index (χ2n) is 5.75. The number of rotatable bonds is 3. The lowest BCUT2D eigenvalue weighted by Gasteiger charge is -2.17. The fourth-order valence-corrected chi connectivity index (χ4v) is 3.04. The van der Waals surface area contributed by atoms with Gasteiger partial charge >= 0.3 is 0 Å². The van der Waals surface area contributed by atoms with Gasteiger partial charge in [0.25, 0.3) is 0 Å². The van der Waals surface area contributed by atoms with Crippen LogP contribution in [0.2, 0.25) is 0 Å². The normalized spacial score (nSPS) is 15.5. The first-order chi connectivity index (χ1) is 10.9. The lowest BCUT2D eigenvalue weighted by Crippen LogP contribution is -2.22. The van der Waals surface area contributed by atoms with E-state index in [1.54, 1.807) is 6.26 Å². The molecule has 0 saturated heterocycles. The summed E-state index contributed by atoms with van der Waals surface area (Å²) in [5.74, 6) is 1.02. The summed E-state index contributed by atoms with van der Waals surface area (Å²) in [6.07, 6.45) is 2.86. The largest absolute Gasteiger partial charge is 0.468 e.